The normalized spacial score (nSPS) is 11.1. The van der Waals surface area contributed by atoms with Crippen LogP contribution in [0.5, 0.6) is 0 Å². The van der Waals surface area contributed by atoms with Gasteiger partial charge >= 0.3 is 0 Å². The third kappa shape index (κ3) is 1.38. The number of hydrogen-bond acceptors (Lipinski definition) is 1. The second-order valence-electron chi connectivity index (χ2n) is 2.67. The molecule has 0 fully saturated rings. The average molecular weight is 355 g/mol. The van der Waals surface area contributed by atoms with Crippen LogP contribution in [0.4, 0.5) is 4.39 Å². The van der Waals surface area contributed by atoms with Gasteiger partial charge in [-0.05, 0) is 50.7 Å². The molecule has 0 bridgehead atoms. The Bertz CT molecular complexity index is 480. The van der Waals surface area contributed by atoms with Gasteiger partial charge in [0.25, 0.3) is 0 Å². The van der Waals surface area contributed by atoms with Crippen LogP contribution in [0.3, 0.4) is 0 Å². The molecule has 1 aromatic heterocycles. The maximum atomic E-state index is 13.1. The van der Waals surface area contributed by atoms with Crippen LogP contribution in [0.1, 0.15) is 0 Å². The van der Waals surface area contributed by atoms with Crippen molar-refractivity contribution in [1.82, 2.24) is 9.78 Å². The van der Waals surface area contributed by atoms with Gasteiger partial charge in [0.2, 0.25) is 0 Å². The molecular weight excluding hydrogens is 350 g/mol. The molecule has 0 aliphatic carbocycles. The molecule has 1 heterocycles. The predicted molar refractivity (Wildman–Crippen MR) is 61.1 cm³/mol. The standard InChI is InChI=1S/C8H5BrFIN2/c1-13-7-4(8(11)12-13)2-3-5(10)6(7)9/h2-3H,1H3. The van der Waals surface area contributed by atoms with Crippen molar-refractivity contribution in [2.24, 2.45) is 7.05 Å². The molecule has 2 aromatic rings. The summed E-state index contributed by atoms with van der Waals surface area (Å²) in [6.07, 6.45) is 0. The van der Waals surface area contributed by atoms with Crippen LogP contribution in [0, 0.1) is 9.52 Å². The first-order valence-electron chi connectivity index (χ1n) is 3.57. The van der Waals surface area contributed by atoms with E-state index < -0.39 is 0 Å². The SMILES string of the molecule is Cn1nc(I)c2ccc(F)c(Br)c21. The van der Waals surface area contributed by atoms with Crippen LogP contribution in [-0.2, 0) is 7.05 Å². The van der Waals surface area contributed by atoms with Gasteiger partial charge in [0, 0.05) is 12.4 Å². The zero-order valence-corrected chi connectivity index (χ0v) is 10.4. The lowest BCUT2D eigenvalue weighted by atomic mass is 10.2. The van der Waals surface area contributed by atoms with E-state index >= 15 is 0 Å². The number of aromatic nitrogens is 2. The van der Waals surface area contributed by atoms with E-state index in [9.17, 15) is 4.39 Å². The number of fused-ring (bicyclic) bond motifs is 1. The maximum Gasteiger partial charge on any atom is 0.139 e. The smallest absolute Gasteiger partial charge is 0.139 e. The number of hydrogen-bond donors (Lipinski definition) is 0. The van der Waals surface area contributed by atoms with Crippen LogP contribution >= 0.6 is 38.5 Å². The van der Waals surface area contributed by atoms with E-state index in [2.05, 4.69) is 43.6 Å². The average Bonchev–Trinajstić information content (AvgIpc) is 2.35. The van der Waals surface area contributed by atoms with Gasteiger partial charge in [0.05, 0.1) is 9.99 Å². The molecule has 68 valence electrons. The van der Waals surface area contributed by atoms with Crippen molar-refractivity contribution >= 4 is 49.4 Å². The molecule has 0 saturated heterocycles. The van der Waals surface area contributed by atoms with Crippen molar-refractivity contribution in [2.45, 2.75) is 0 Å². The molecule has 0 aliphatic rings. The summed E-state index contributed by atoms with van der Waals surface area (Å²) in [5, 5.41) is 5.17. The first-order chi connectivity index (χ1) is 6.11. The van der Waals surface area contributed by atoms with Gasteiger partial charge < -0.3 is 0 Å². The lowest BCUT2D eigenvalue weighted by Gasteiger charge is -1.98. The van der Waals surface area contributed by atoms with Gasteiger partial charge in [-0.25, -0.2) is 4.39 Å². The van der Waals surface area contributed by atoms with E-state index in [0.717, 1.165) is 14.6 Å². The molecule has 0 amide bonds. The summed E-state index contributed by atoms with van der Waals surface area (Å²) in [6, 6.07) is 3.18. The quantitative estimate of drug-likeness (QED) is 0.665. The monoisotopic (exact) mass is 354 g/mol. The lowest BCUT2D eigenvalue weighted by molar-refractivity contribution is 0.621. The van der Waals surface area contributed by atoms with Crippen LogP contribution in [0.15, 0.2) is 16.6 Å². The Balaban J connectivity index is 2.98. The largest absolute Gasteiger partial charge is 0.266 e. The maximum absolute atomic E-state index is 13.1. The molecule has 0 N–H and O–H groups in total. The van der Waals surface area contributed by atoms with Crippen LogP contribution in [0.25, 0.3) is 10.9 Å². The zero-order valence-electron chi connectivity index (χ0n) is 6.68. The van der Waals surface area contributed by atoms with Crippen molar-refractivity contribution in [3.05, 3.63) is 26.1 Å². The molecule has 1 aromatic carbocycles. The molecule has 0 radical (unpaired) electrons. The van der Waals surface area contributed by atoms with E-state index in [1.165, 1.54) is 6.07 Å². The van der Waals surface area contributed by atoms with Gasteiger partial charge in [-0.3, -0.25) is 4.68 Å². The highest BCUT2D eigenvalue weighted by atomic mass is 127. The number of benzene rings is 1. The Labute approximate surface area is 96.4 Å². The molecule has 2 nitrogen and oxygen atoms in total. The van der Waals surface area contributed by atoms with E-state index in [4.69, 9.17) is 0 Å². The molecule has 0 unspecified atom stereocenters. The summed E-state index contributed by atoms with van der Waals surface area (Å²) >= 11 is 5.34. The fourth-order valence-corrected chi connectivity index (χ4v) is 2.62. The summed E-state index contributed by atoms with van der Waals surface area (Å²) < 4.78 is 16.2. The molecule has 13 heavy (non-hydrogen) atoms. The minimum absolute atomic E-state index is 0.257. The molecule has 0 spiro atoms. The molecule has 0 aliphatic heterocycles. The van der Waals surface area contributed by atoms with Gasteiger partial charge in [-0.1, -0.05) is 0 Å². The zero-order chi connectivity index (χ0) is 9.59. The van der Waals surface area contributed by atoms with Gasteiger partial charge in [0.15, 0.2) is 0 Å². The molecular formula is C8H5BrFIN2. The Morgan fingerprint density at radius 3 is 2.92 bits per heavy atom. The molecule has 0 saturated carbocycles. The van der Waals surface area contributed by atoms with E-state index in [0.29, 0.717) is 4.47 Å². The van der Waals surface area contributed by atoms with Gasteiger partial charge in [0.1, 0.15) is 9.52 Å². The molecule has 5 heteroatoms. The number of rotatable bonds is 0. The van der Waals surface area contributed by atoms with E-state index in [1.807, 2.05) is 0 Å². The Morgan fingerprint density at radius 1 is 1.54 bits per heavy atom. The number of nitrogens with zero attached hydrogens (tertiary/aromatic N) is 2. The second-order valence-corrected chi connectivity index (χ2v) is 4.49. The Hall–Kier alpha value is -0.170. The highest BCUT2D eigenvalue weighted by Gasteiger charge is 2.11. The first-order valence-corrected chi connectivity index (χ1v) is 5.44. The van der Waals surface area contributed by atoms with Crippen LogP contribution in [0.2, 0.25) is 0 Å². The highest BCUT2D eigenvalue weighted by Crippen LogP contribution is 2.28. The van der Waals surface area contributed by atoms with Crippen molar-refractivity contribution in [1.29, 1.82) is 0 Å². The summed E-state index contributed by atoms with van der Waals surface area (Å²) in [5.74, 6) is -0.257. The number of halogens is 3. The topological polar surface area (TPSA) is 17.8 Å². The summed E-state index contributed by atoms with van der Waals surface area (Å²) in [5.41, 5.74) is 0.796. The number of aryl methyl sites for hydroxylation is 1. The Kier molecular flexibility index (Phi) is 2.31. The van der Waals surface area contributed by atoms with Crippen molar-refractivity contribution in [3.8, 4) is 0 Å². The third-order valence-corrected chi connectivity index (χ3v) is 3.40. The Morgan fingerprint density at radius 2 is 2.23 bits per heavy atom. The lowest BCUT2D eigenvalue weighted by Crippen LogP contribution is -1.91. The predicted octanol–water partition coefficient (Wildman–Crippen LogP) is 3.08. The summed E-state index contributed by atoms with van der Waals surface area (Å²) in [6.45, 7) is 0. The summed E-state index contributed by atoms with van der Waals surface area (Å²) in [7, 11) is 1.80. The third-order valence-electron chi connectivity index (χ3n) is 1.85. The minimum Gasteiger partial charge on any atom is -0.266 e. The van der Waals surface area contributed by atoms with Crippen molar-refractivity contribution < 1.29 is 4.39 Å². The summed E-state index contributed by atoms with van der Waals surface area (Å²) in [4.78, 5) is 0. The van der Waals surface area contributed by atoms with Gasteiger partial charge in [-0.15, -0.1) is 0 Å². The van der Waals surface area contributed by atoms with E-state index in [-0.39, 0.29) is 5.82 Å². The van der Waals surface area contributed by atoms with Crippen LogP contribution < -0.4 is 0 Å². The molecule has 0 atom stereocenters. The highest BCUT2D eigenvalue weighted by molar-refractivity contribution is 14.1. The van der Waals surface area contributed by atoms with Crippen molar-refractivity contribution in [3.63, 3.8) is 0 Å². The van der Waals surface area contributed by atoms with E-state index in [1.54, 1.807) is 17.8 Å². The minimum atomic E-state index is -0.257. The fourth-order valence-electron chi connectivity index (χ4n) is 1.26. The molecule has 2 rings (SSSR count). The van der Waals surface area contributed by atoms with Crippen LogP contribution in [-0.4, -0.2) is 9.78 Å². The first kappa shape index (κ1) is 9.39. The van der Waals surface area contributed by atoms with Gasteiger partial charge in [-0.2, -0.15) is 5.10 Å². The second kappa shape index (κ2) is 3.20. The fraction of sp³-hybridized carbons (Fsp3) is 0.125. The van der Waals surface area contributed by atoms with Crippen molar-refractivity contribution in [2.75, 3.05) is 0 Å².